The van der Waals surface area contributed by atoms with Gasteiger partial charge in [0.05, 0.1) is 13.1 Å². The average Bonchev–Trinajstić information content (AvgIpc) is 3.23. The molecule has 134 valence electrons. The first-order chi connectivity index (χ1) is 11.2. The van der Waals surface area contributed by atoms with E-state index in [2.05, 4.69) is 6.92 Å². The summed E-state index contributed by atoms with van der Waals surface area (Å²) in [5, 5.41) is 4.04. The zero-order chi connectivity index (χ0) is 16.5. The Hall–Kier alpha value is -1.08. The van der Waals surface area contributed by atoms with E-state index in [0.717, 1.165) is 29.0 Å². The van der Waals surface area contributed by atoms with Crippen LogP contribution < -0.4 is 5.73 Å². The van der Waals surface area contributed by atoms with Crippen molar-refractivity contribution < 1.29 is 9.53 Å². The van der Waals surface area contributed by atoms with Gasteiger partial charge < -0.3 is 10.5 Å². The second kappa shape index (κ2) is 11.5. The van der Waals surface area contributed by atoms with Crippen molar-refractivity contribution >= 4 is 41.2 Å². The number of rotatable bonds is 9. The largest absolute Gasteiger partial charge is 0.448 e. The minimum absolute atomic E-state index is 0. The van der Waals surface area contributed by atoms with E-state index in [1.165, 1.54) is 0 Å². The number of ether oxygens (including phenoxy) is 1. The van der Waals surface area contributed by atoms with Crippen LogP contribution in [0.1, 0.15) is 35.9 Å². The molecule has 2 aromatic rings. The molecule has 2 rings (SSSR count). The van der Waals surface area contributed by atoms with E-state index in [0.29, 0.717) is 13.1 Å². The first kappa shape index (κ1) is 21.0. The van der Waals surface area contributed by atoms with Crippen LogP contribution in [-0.4, -0.2) is 23.6 Å². The van der Waals surface area contributed by atoms with Gasteiger partial charge in [0.1, 0.15) is 6.61 Å². The van der Waals surface area contributed by atoms with Crippen molar-refractivity contribution in [3.63, 3.8) is 0 Å². The van der Waals surface area contributed by atoms with Gasteiger partial charge in [-0.2, -0.15) is 0 Å². The third-order valence-electron chi connectivity index (χ3n) is 3.46. The molecule has 0 unspecified atom stereocenters. The standard InChI is InChI=1S/C17H24N2O2S2.ClH/c1-2-3-6-14(18)13-21-17(20)19(11-15-7-4-9-22-15)12-16-8-5-10-23-16;/h4-5,7-10,14H,2-3,6,11-13,18H2,1H3;1H/t14-;/m0./s1. The van der Waals surface area contributed by atoms with Gasteiger partial charge in [-0.3, -0.25) is 4.90 Å². The first-order valence-electron chi connectivity index (χ1n) is 7.91. The molecular formula is C17H25ClN2O2S2. The summed E-state index contributed by atoms with van der Waals surface area (Å²) >= 11 is 3.29. The van der Waals surface area contributed by atoms with Crippen LogP contribution in [0.4, 0.5) is 4.79 Å². The van der Waals surface area contributed by atoms with E-state index in [9.17, 15) is 4.79 Å². The number of carbonyl (C=O) groups excluding carboxylic acids is 1. The predicted octanol–water partition coefficient (Wildman–Crippen LogP) is 4.89. The summed E-state index contributed by atoms with van der Waals surface area (Å²) < 4.78 is 5.43. The fourth-order valence-electron chi connectivity index (χ4n) is 2.19. The van der Waals surface area contributed by atoms with Gasteiger partial charge in [0.2, 0.25) is 0 Å². The van der Waals surface area contributed by atoms with E-state index in [1.807, 2.05) is 35.0 Å². The number of nitrogens with zero attached hydrogens (tertiary/aromatic N) is 1. The van der Waals surface area contributed by atoms with Gasteiger partial charge in [-0.05, 0) is 29.3 Å². The first-order valence-corrected chi connectivity index (χ1v) is 9.67. The van der Waals surface area contributed by atoms with Gasteiger partial charge >= 0.3 is 6.09 Å². The zero-order valence-electron chi connectivity index (χ0n) is 13.8. The minimum atomic E-state index is -0.293. The molecule has 0 saturated heterocycles. The van der Waals surface area contributed by atoms with Crippen molar-refractivity contribution in [1.82, 2.24) is 4.90 Å². The van der Waals surface area contributed by atoms with Gasteiger partial charge in [0.25, 0.3) is 0 Å². The van der Waals surface area contributed by atoms with Crippen molar-refractivity contribution in [3.05, 3.63) is 44.8 Å². The highest BCUT2D eigenvalue weighted by Crippen LogP contribution is 2.18. The topological polar surface area (TPSA) is 55.6 Å². The molecule has 0 aliphatic rings. The van der Waals surface area contributed by atoms with Crippen LogP contribution in [0.25, 0.3) is 0 Å². The Labute approximate surface area is 158 Å². The maximum atomic E-state index is 12.4. The molecule has 2 aromatic heterocycles. The maximum Gasteiger partial charge on any atom is 0.410 e. The van der Waals surface area contributed by atoms with Crippen LogP contribution in [-0.2, 0) is 17.8 Å². The van der Waals surface area contributed by atoms with Crippen LogP contribution in [0.15, 0.2) is 35.0 Å². The Bertz CT molecular complexity index is 525. The molecule has 0 aromatic carbocycles. The van der Waals surface area contributed by atoms with E-state index >= 15 is 0 Å². The van der Waals surface area contributed by atoms with Crippen LogP contribution in [0.5, 0.6) is 0 Å². The van der Waals surface area contributed by atoms with E-state index in [-0.39, 0.29) is 31.1 Å². The number of halogens is 1. The second-order valence-electron chi connectivity index (χ2n) is 5.49. The number of carbonyl (C=O) groups is 1. The van der Waals surface area contributed by atoms with E-state index < -0.39 is 0 Å². The summed E-state index contributed by atoms with van der Waals surface area (Å²) in [6.45, 7) is 3.55. The molecule has 0 bridgehead atoms. The molecule has 4 nitrogen and oxygen atoms in total. The molecule has 1 amide bonds. The Morgan fingerprint density at radius 1 is 1.21 bits per heavy atom. The third kappa shape index (κ3) is 7.21. The lowest BCUT2D eigenvalue weighted by atomic mass is 10.1. The number of unbranched alkanes of at least 4 members (excludes halogenated alkanes) is 1. The molecule has 24 heavy (non-hydrogen) atoms. The molecule has 2 N–H and O–H groups in total. The van der Waals surface area contributed by atoms with Gasteiger partial charge in [0, 0.05) is 15.8 Å². The van der Waals surface area contributed by atoms with Crippen molar-refractivity contribution in [3.8, 4) is 0 Å². The lowest BCUT2D eigenvalue weighted by Crippen LogP contribution is -2.34. The number of amides is 1. The summed E-state index contributed by atoms with van der Waals surface area (Å²) in [4.78, 5) is 16.5. The molecule has 0 aliphatic carbocycles. The summed E-state index contributed by atoms with van der Waals surface area (Å²) in [6, 6.07) is 7.98. The van der Waals surface area contributed by atoms with Crippen LogP contribution >= 0.6 is 35.1 Å². The average molecular weight is 389 g/mol. The molecule has 0 fully saturated rings. The number of nitrogens with two attached hydrogens (primary N) is 1. The van der Waals surface area contributed by atoms with Gasteiger partial charge in [-0.1, -0.05) is 31.9 Å². The molecule has 2 heterocycles. The van der Waals surface area contributed by atoms with Gasteiger partial charge in [0.15, 0.2) is 0 Å². The van der Waals surface area contributed by atoms with E-state index in [4.69, 9.17) is 10.5 Å². The van der Waals surface area contributed by atoms with Crippen molar-refractivity contribution in [2.75, 3.05) is 6.61 Å². The zero-order valence-corrected chi connectivity index (χ0v) is 16.3. The number of thiophene rings is 2. The summed E-state index contributed by atoms with van der Waals surface area (Å²) in [7, 11) is 0. The van der Waals surface area contributed by atoms with Crippen molar-refractivity contribution in [1.29, 1.82) is 0 Å². The third-order valence-corrected chi connectivity index (χ3v) is 5.18. The van der Waals surface area contributed by atoms with Gasteiger partial charge in [-0.25, -0.2) is 4.79 Å². The Morgan fingerprint density at radius 2 is 1.79 bits per heavy atom. The molecule has 7 heteroatoms. The fourth-order valence-corrected chi connectivity index (χ4v) is 3.62. The quantitative estimate of drug-likeness (QED) is 0.665. The minimum Gasteiger partial charge on any atom is -0.448 e. The highest BCUT2D eigenvalue weighted by atomic mass is 35.5. The van der Waals surface area contributed by atoms with E-state index in [1.54, 1.807) is 27.6 Å². The summed E-state index contributed by atoms with van der Waals surface area (Å²) in [6.07, 6.45) is 2.76. The SMILES string of the molecule is CCCC[C@H](N)COC(=O)N(Cc1cccs1)Cc1cccs1.Cl. The Balaban J connectivity index is 0.00000288. The monoisotopic (exact) mass is 388 g/mol. The highest BCUT2D eigenvalue weighted by Gasteiger charge is 2.18. The predicted molar refractivity (Wildman–Crippen MR) is 104 cm³/mol. The molecule has 1 atom stereocenters. The van der Waals surface area contributed by atoms with Crippen molar-refractivity contribution in [2.45, 2.75) is 45.3 Å². The smallest absolute Gasteiger partial charge is 0.410 e. The maximum absolute atomic E-state index is 12.4. The van der Waals surface area contributed by atoms with Crippen LogP contribution in [0.3, 0.4) is 0 Å². The number of hydrogen-bond acceptors (Lipinski definition) is 5. The summed E-state index contributed by atoms with van der Waals surface area (Å²) in [5.74, 6) is 0. The molecule has 0 aliphatic heterocycles. The Kier molecular flexibility index (Phi) is 10.0. The second-order valence-corrected chi connectivity index (χ2v) is 7.56. The molecule has 0 spiro atoms. The normalized spacial score (nSPS) is 11.6. The highest BCUT2D eigenvalue weighted by molar-refractivity contribution is 7.10. The number of hydrogen-bond donors (Lipinski definition) is 1. The molecule has 0 radical (unpaired) electrons. The van der Waals surface area contributed by atoms with Crippen molar-refractivity contribution in [2.24, 2.45) is 5.73 Å². The Morgan fingerprint density at radius 3 is 2.25 bits per heavy atom. The lowest BCUT2D eigenvalue weighted by Gasteiger charge is -2.22. The van der Waals surface area contributed by atoms with Crippen LogP contribution in [0, 0.1) is 0 Å². The summed E-state index contributed by atoms with van der Waals surface area (Å²) in [5.41, 5.74) is 5.99. The molecule has 0 saturated carbocycles. The fraction of sp³-hybridized carbons (Fsp3) is 0.471. The van der Waals surface area contributed by atoms with Gasteiger partial charge in [-0.15, -0.1) is 35.1 Å². The molecular weight excluding hydrogens is 364 g/mol. The lowest BCUT2D eigenvalue weighted by molar-refractivity contribution is 0.0914. The van der Waals surface area contributed by atoms with Crippen LogP contribution in [0.2, 0.25) is 0 Å².